The van der Waals surface area contributed by atoms with E-state index in [0.717, 1.165) is 32.1 Å². The van der Waals surface area contributed by atoms with E-state index in [1.54, 1.807) is 13.3 Å². The highest BCUT2D eigenvalue weighted by Crippen LogP contribution is 2.20. The number of unbranched alkanes of at least 4 members (excludes halogenated alkanes) is 6. The molecule has 1 rings (SSSR count). The summed E-state index contributed by atoms with van der Waals surface area (Å²) in [7, 11) is 0.104. The van der Waals surface area contributed by atoms with Crippen LogP contribution in [0, 0.1) is 5.92 Å². The number of nitrogens with one attached hydrogen (secondary N) is 2. The summed E-state index contributed by atoms with van der Waals surface area (Å²) < 4.78 is 5.77. The molecule has 5 nitrogen and oxygen atoms in total. The Labute approximate surface area is 184 Å². The van der Waals surface area contributed by atoms with Crippen LogP contribution in [-0.4, -0.2) is 33.5 Å². The lowest BCUT2D eigenvalue weighted by atomic mass is 9.93. The van der Waals surface area contributed by atoms with E-state index in [1.165, 1.54) is 49.5 Å². The largest absolute Gasteiger partial charge is 0.474 e. The summed E-state index contributed by atoms with van der Waals surface area (Å²) in [6.07, 6.45) is 14.2. The topological polar surface area (TPSA) is 71.3 Å². The molecule has 0 spiro atoms. The molecule has 1 aromatic rings. The van der Waals surface area contributed by atoms with E-state index < -0.39 is 8.07 Å². The molecule has 0 saturated heterocycles. The number of aryl methyl sites for hydroxylation is 1. The van der Waals surface area contributed by atoms with Crippen molar-refractivity contribution in [3.05, 3.63) is 17.9 Å². The Morgan fingerprint density at radius 1 is 1.00 bits per heavy atom. The van der Waals surface area contributed by atoms with Gasteiger partial charge in [0.05, 0.1) is 18.2 Å². The van der Waals surface area contributed by atoms with Gasteiger partial charge in [0.25, 0.3) is 0 Å². The first kappa shape index (κ1) is 26.5. The summed E-state index contributed by atoms with van der Waals surface area (Å²) in [5.41, 5.74) is 1.30. The average Bonchev–Trinajstić information content (AvgIpc) is 3.18. The van der Waals surface area contributed by atoms with Gasteiger partial charge in [0, 0.05) is 13.0 Å². The molecule has 2 amide bonds. The van der Waals surface area contributed by atoms with Crippen LogP contribution in [0.2, 0.25) is 19.6 Å². The molecular weight excluding hydrogens is 392 g/mol. The Morgan fingerprint density at radius 2 is 1.63 bits per heavy atom. The van der Waals surface area contributed by atoms with Crippen molar-refractivity contribution >= 4 is 25.3 Å². The molecule has 0 saturated carbocycles. The highest BCUT2D eigenvalue weighted by Gasteiger charge is 2.24. The zero-order valence-electron chi connectivity index (χ0n) is 19.9. The van der Waals surface area contributed by atoms with Crippen molar-refractivity contribution in [2.24, 2.45) is 5.92 Å². The van der Waals surface area contributed by atoms with E-state index in [1.807, 2.05) is 0 Å². The van der Waals surface area contributed by atoms with E-state index in [9.17, 15) is 9.59 Å². The Kier molecular flexibility index (Phi) is 12.7. The van der Waals surface area contributed by atoms with Gasteiger partial charge in [-0.15, -0.1) is 0 Å². The quantitative estimate of drug-likeness (QED) is 0.290. The first-order valence-electron chi connectivity index (χ1n) is 11.8. The maximum atomic E-state index is 12.7. The molecule has 0 radical (unpaired) electrons. The molecule has 6 heteroatoms. The second-order valence-corrected chi connectivity index (χ2v) is 14.4. The van der Waals surface area contributed by atoms with Crippen molar-refractivity contribution < 1.29 is 14.0 Å². The normalized spacial score (nSPS) is 12.6. The Morgan fingerprint density at radius 3 is 2.27 bits per heavy atom. The third kappa shape index (κ3) is 10.5. The van der Waals surface area contributed by atoms with Gasteiger partial charge in [-0.25, -0.2) is 0 Å². The number of carbonyl (C=O) groups is 2. The maximum Gasteiger partial charge on any atom is 0.239 e. The first-order valence-corrected chi connectivity index (χ1v) is 15.3. The molecule has 0 aliphatic heterocycles. The molecule has 1 atom stereocenters. The summed E-state index contributed by atoms with van der Waals surface area (Å²) in [5.74, 6) is -0.161. The molecule has 0 aromatic carbocycles. The van der Waals surface area contributed by atoms with Crippen LogP contribution in [0.15, 0.2) is 16.7 Å². The monoisotopic (exact) mass is 436 g/mol. The molecule has 1 unspecified atom stereocenters. The number of carbonyl (C=O) groups excluding carboxylic acids is 2. The van der Waals surface area contributed by atoms with Crippen LogP contribution in [-0.2, 0) is 16.0 Å². The summed E-state index contributed by atoms with van der Waals surface area (Å²) in [6.45, 7) is 9.18. The van der Waals surface area contributed by atoms with Crippen LogP contribution < -0.4 is 16.0 Å². The minimum Gasteiger partial charge on any atom is -0.474 e. The number of rotatable bonds is 16. The zero-order chi connectivity index (χ0) is 22.4. The van der Waals surface area contributed by atoms with E-state index in [4.69, 9.17) is 4.42 Å². The first-order chi connectivity index (χ1) is 14.3. The predicted molar refractivity (Wildman–Crippen MR) is 128 cm³/mol. The van der Waals surface area contributed by atoms with Gasteiger partial charge in [0.15, 0.2) is 0 Å². The lowest BCUT2D eigenvalue weighted by Crippen LogP contribution is -2.39. The molecular formula is C24H44N2O3Si. The van der Waals surface area contributed by atoms with Crippen LogP contribution >= 0.6 is 0 Å². The molecule has 0 fully saturated rings. The second kappa shape index (κ2) is 14.4. The van der Waals surface area contributed by atoms with Crippen molar-refractivity contribution in [2.45, 2.75) is 97.2 Å². The van der Waals surface area contributed by atoms with Gasteiger partial charge in [-0.1, -0.05) is 71.5 Å². The Balaban J connectivity index is 2.52. The third-order valence-electron chi connectivity index (χ3n) is 5.66. The highest BCUT2D eigenvalue weighted by molar-refractivity contribution is 6.88. The number of hydrogen-bond acceptors (Lipinski definition) is 3. The van der Waals surface area contributed by atoms with E-state index in [0.29, 0.717) is 0 Å². The SMILES string of the molecule is CCCCCCCCCC(CCCc1ccoc1[Si](C)(C)C)C(=O)NCC(=O)NC. The summed E-state index contributed by atoms with van der Waals surface area (Å²) in [5, 5.41) is 6.55. The van der Waals surface area contributed by atoms with Crippen molar-refractivity contribution in [1.82, 2.24) is 10.6 Å². The van der Waals surface area contributed by atoms with Crippen LogP contribution in [0.3, 0.4) is 0 Å². The standard InChI is InChI=1S/C24H44N2O3Si/c1-6-7-8-9-10-11-12-14-20(23(28)26-19-22(27)25-2)15-13-16-21-17-18-29-24(21)30(3,4)5/h17-18,20H,6-16,19H2,1-5H3,(H,25,27)(H,26,28). The predicted octanol–water partition coefficient (Wildman–Crippen LogP) is 4.77. The third-order valence-corrected chi connectivity index (χ3v) is 7.46. The average molecular weight is 437 g/mol. The lowest BCUT2D eigenvalue weighted by molar-refractivity contribution is -0.128. The molecule has 1 aromatic heterocycles. The molecule has 30 heavy (non-hydrogen) atoms. The minimum atomic E-state index is -1.48. The van der Waals surface area contributed by atoms with Gasteiger partial charge in [0.2, 0.25) is 11.8 Å². The van der Waals surface area contributed by atoms with Crippen molar-refractivity contribution in [2.75, 3.05) is 13.6 Å². The second-order valence-electron chi connectivity index (χ2n) is 9.42. The molecule has 0 aliphatic carbocycles. The number of amides is 2. The van der Waals surface area contributed by atoms with Gasteiger partial charge in [-0.05, 0) is 37.3 Å². The number of likely N-dealkylation sites (N-methyl/N-ethyl adjacent to an activating group) is 1. The molecule has 2 N–H and O–H groups in total. The van der Waals surface area contributed by atoms with Crippen molar-refractivity contribution in [3.8, 4) is 0 Å². The van der Waals surface area contributed by atoms with Gasteiger partial charge in [-0.3, -0.25) is 9.59 Å². The van der Waals surface area contributed by atoms with Crippen LogP contribution in [0.5, 0.6) is 0 Å². The molecule has 0 aliphatic rings. The summed E-state index contributed by atoms with van der Waals surface area (Å²) in [4.78, 5) is 24.2. The van der Waals surface area contributed by atoms with Crippen LogP contribution in [0.1, 0.15) is 76.7 Å². The smallest absolute Gasteiger partial charge is 0.239 e. The number of furan rings is 1. The van der Waals surface area contributed by atoms with Crippen molar-refractivity contribution in [1.29, 1.82) is 0 Å². The van der Waals surface area contributed by atoms with Crippen LogP contribution in [0.4, 0.5) is 0 Å². The van der Waals surface area contributed by atoms with E-state index in [2.05, 4.69) is 43.3 Å². The molecule has 172 valence electrons. The van der Waals surface area contributed by atoms with Gasteiger partial charge >= 0.3 is 0 Å². The van der Waals surface area contributed by atoms with E-state index >= 15 is 0 Å². The Bertz CT molecular complexity index is 622. The van der Waals surface area contributed by atoms with Crippen LogP contribution in [0.25, 0.3) is 0 Å². The summed E-state index contributed by atoms with van der Waals surface area (Å²) >= 11 is 0. The fraction of sp³-hybridized carbons (Fsp3) is 0.750. The molecule has 1 heterocycles. The zero-order valence-corrected chi connectivity index (χ0v) is 20.9. The fourth-order valence-corrected chi connectivity index (χ4v) is 5.48. The van der Waals surface area contributed by atoms with Gasteiger partial charge in [0.1, 0.15) is 8.07 Å². The van der Waals surface area contributed by atoms with Gasteiger partial charge in [-0.2, -0.15) is 0 Å². The fourth-order valence-electron chi connectivity index (χ4n) is 3.88. The highest BCUT2D eigenvalue weighted by atomic mass is 28.3. The van der Waals surface area contributed by atoms with Gasteiger partial charge < -0.3 is 15.1 Å². The van der Waals surface area contributed by atoms with E-state index in [-0.39, 0.29) is 24.3 Å². The van der Waals surface area contributed by atoms with Crippen molar-refractivity contribution in [3.63, 3.8) is 0 Å². The summed E-state index contributed by atoms with van der Waals surface area (Å²) in [6, 6.07) is 2.09. The maximum absolute atomic E-state index is 12.7. The number of hydrogen-bond donors (Lipinski definition) is 2. The molecule has 0 bridgehead atoms. The lowest BCUT2D eigenvalue weighted by Gasteiger charge is -2.18. The Hall–Kier alpha value is -1.56. The minimum absolute atomic E-state index is 0.0159.